The van der Waals surface area contributed by atoms with Crippen molar-refractivity contribution in [1.29, 1.82) is 0 Å². The largest absolute Gasteiger partial charge is 0.352 e. The number of anilines is 1. The molecule has 1 aromatic carbocycles. The van der Waals surface area contributed by atoms with Gasteiger partial charge in [-0.1, -0.05) is 25.0 Å². The van der Waals surface area contributed by atoms with Crippen molar-refractivity contribution in [2.75, 3.05) is 5.32 Å². The van der Waals surface area contributed by atoms with Crippen LogP contribution in [0.2, 0.25) is 0 Å². The van der Waals surface area contributed by atoms with Crippen LogP contribution in [0.4, 0.5) is 5.69 Å². The highest BCUT2D eigenvalue weighted by atomic mass is 16.1. The van der Waals surface area contributed by atoms with Crippen molar-refractivity contribution in [2.24, 2.45) is 5.92 Å². The minimum Gasteiger partial charge on any atom is -0.352 e. The zero-order chi connectivity index (χ0) is 25.5. The molecular formula is C30H25N7O. The number of aromatic nitrogens is 6. The highest BCUT2D eigenvalue weighted by molar-refractivity contribution is 6.01. The smallest absolute Gasteiger partial charge is 0.227 e. The summed E-state index contributed by atoms with van der Waals surface area (Å²) in [5, 5.41) is 12.9. The van der Waals surface area contributed by atoms with Crippen LogP contribution < -0.4 is 5.32 Å². The third-order valence-corrected chi connectivity index (χ3v) is 7.37. The Labute approximate surface area is 218 Å². The number of nitrogens with one attached hydrogen (secondary N) is 3. The van der Waals surface area contributed by atoms with Crippen molar-refractivity contribution in [1.82, 2.24) is 30.1 Å². The molecule has 5 heterocycles. The zero-order valence-electron chi connectivity index (χ0n) is 20.6. The van der Waals surface area contributed by atoms with Gasteiger partial charge in [0.1, 0.15) is 5.69 Å². The minimum absolute atomic E-state index is 0.0902. The Hall–Kier alpha value is -4.85. The van der Waals surface area contributed by atoms with Crippen LogP contribution in [-0.4, -0.2) is 36.0 Å². The Morgan fingerprint density at radius 3 is 2.63 bits per heavy atom. The van der Waals surface area contributed by atoms with Crippen LogP contribution in [0.15, 0.2) is 79.5 Å². The second-order valence-electron chi connectivity index (χ2n) is 9.81. The Bertz CT molecular complexity index is 1780. The molecule has 1 aliphatic carbocycles. The lowest BCUT2D eigenvalue weighted by molar-refractivity contribution is -0.119. The van der Waals surface area contributed by atoms with E-state index < -0.39 is 0 Å². The lowest BCUT2D eigenvalue weighted by Crippen LogP contribution is -2.20. The molecule has 8 heteroatoms. The summed E-state index contributed by atoms with van der Waals surface area (Å²) < 4.78 is 0. The first-order valence-electron chi connectivity index (χ1n) is 12.9. The maximum absolute atomic E-state index is 12.6. The van der Waals surface area contributed by atoms with Crippen molar-refractivity contribution >= 4 is 33.4 Å². The molecular weight excluding hydrogens is 474 g/mol. The Balaban J connectivity index is 1.25. The first-order valence-corrected chi connectivity index (χ1v) is 12.9. The number of rotatable bonds is 5. The highest BCUT2D eigenvalue weighted by Crippen LogP contribution is 2.35. The first-order chi connectivity index (χ1) is 18.7. The van der Waals surface area contributed by atoms with E-state index in [9.17, 15) is 4.79 Å². The van der Waals surface area contributed by atoms with Gasteiger partial charge in [-0.15, -0.1) is 0 Å². The van der Waals surface area contributed by atoms with E-state index in [2.05, 4.69) is 47.6 Å². The lowest BCUT2D eigenvalue weighted by atomic mass is 10.0. The van der Waals surface area contributed by atoms with Crippen LogP contribution in [0.1, 0.15) is 25.7 Å². The SMILES string of the molecule is O=C(Nc1cncc(-c2ccc3[nH]nc(-c4cc5c(-c6ccccn6)cncc5[nH]4)c3c2)c1)C1CCCC1. The van der Waals surface area contributed by atoms with E-state index in [0.29, 0.717) is 0 Å². The monoisotopic (exact) mass is 499 g/mol. The summed E-state index contributed by atoms with van der Waals surface area (Å²) in [4.78, 5) is 29.4. The number of benzene rings is 1. The van der Waals surface area contributed by atoms with Crippen molar-refractivity contribution in [2.45, 2.75) is 25.7 Å². The summed E-state index contributed by atoms with van der Waals surface area (Å²) in [5.41, 5.74) is 8.06. The Kier molecular flexibility index (Phi) is 5.43. The third kappa shape index (κ3) is 4.00. The molecule has 1 amide bonds. The second-order valence-corrected chi connectivity index (χ2v) is 9.81. The zero-order valence-corrected chi connectivity index (χ0v) is 20.6. The van der Waals surface area contributed by atoms with Gasteiger partial charge in [-0.05, 0) is 54.8 Å². The number of hydrogen-bond acceptors (Lipinski definition) is 5. The molecule has 5 aromatic heterocycles. The molecule has 1 aliphatic rings. The summed E-state index contributed by atoms with van der Waals surface area (Å²) in [6.07, 6.45) is 13.2. The van der Waals surface area contributed by atoms with Gasteiger partial charge in [0.05, 0.1) is 40.5 Å². The van der Waals surface area contributed by atoms with Crippen molar-refractivity contribution in [3.8, 4) is 33.8 Å². The molecule has 6 aromatic rings. The minimum atomic E-state index is 0.0902. The molecule has 0 atom stereocenters. The number of pyridine rings is 3. The van der Waals surface area contributed by atoms with Crippen LogP contribution in [0.3, 0.4) is 0 Å². The second kappa shape index (κ2) is 9.23. The van der Waals surface area contributed by atoms with Gasteiger partial charge in [-0.2, -0.15) is 5.10 Å². The number of hydrogen-bond donors (Lipinski definition) is 3. The molecule has 0 spiro atoms. The van der Waals surface area contributed by atoms with Crippen molar-refractivity contribution < 1.29 is 4.79 Å². The fraction of sp³-hybridized carbons (Fsp3) is 0.167. The predicted octanol–water partition coefficient (Wildman–Crippen LogP) is 6.36. The molecule has 8 nitrogen and oxygen atoms in total. The lowest BCUT2D eigenvalue weighted by Gasteiger charge is -2.11. The number of H-pyrrole nitrogens is 2. The van der Waals surface area contributed by atoms with E-state index in [1.54, 1.807) is 12.4 Å². The average Bonchev–Trinajstić information content (AvgIpc) is 3.73. The fourth-order valence-corrected chi connectivity index (χ4v) is 5.40. The molecule has 0 bridgehead atoms. The molecule has 7 rings (SSSR count). The standard InChI is InChI=1S/C30H25N7O/c38-30(18-5-1-2-6-18)34-21-11-20(14-31-15-21)19-8-9-26-23(12-19)29(37-36-26)27-13-22-24(16-32-17-28(22)35-27)25-7-3-4-10-33-25/h3-4,7-18,35H,1-2,5-6H2,(H,34,38)(H,36,37). The van der Waals surface area contributed by atoms with Gasteiger partial charge in [-0.3, -0.25) is 24.8 Å². The molecule has 0 aliphatic heterocycles. The van der Waals surface area contributed by atoms with Gasteiger partial charge in [-0.25, -0.2) is 0 Å². The van der Waals surface area contributed by atoms with E-state index in [-0.39, 0.29) is 11.8 Å². The van der Waals surface area contributed by atoms with Gasteiger partial charge in [0.15, 0.2) is 0 Å². The third-order valence-electron chi connectivity index (χ3n) is 7.37. The van der Waals surface area contributed by atoms with E-state index in [0.717, 1.165) is 86.9 Å². The van der Waals surface area contributed by atoms with Gasteiger partial charge in [0, 0.05) is 46.4 Å². The van der Waals surface area contributed by atoms with Crippen LogP contribution in [0.25, 0.3) is 55.6 Å². The van der Waals surface area contributed by atoms with E-state index in [4.69, 9.17) is 0 Å². The summed E-state index contributed by atoms with van der Waals surface area (Å²) in [7, 11) is 0. The van der Waals surface area contributed by atoms with Crippen molar-refractivity contribution in [3.63, 3.8) is 0 Å². The molecule has 186 valence electrons. The Morgan fingerprint density at radius 1 is 0.868 bits per heavy atom. The maximum atomic E-state index is 12.6. The Morgan fingerprint density at radius 2 is 1.76 bits per heavy atom. The quantitative estimate of drug-likeness (QED) is 0.256. The molecule has 0 unspecified atom stereocenters. The van der Waals surface area contributed by atoms with Crippen molar-refractivity contribution in [3.05, 3.63) is 79.5 Å². The maximum Gasteiger partial charge on any atom is 0.227 e. The number of carbonyl (C=O) groups is 1. The van der Waals surface area contributed by atoms with E-state index in [1.165, 1.54) is 0 Å². The number of nitrogens with zero attached hydrogens (tertiary/aromatic N) is 4. The number of fused-ring (bicyclic) bond motifs is 2. The van der Waals surface area contributed by atoms with Gasteiger partial charge in [0.25, 0.3) is 0 Å². The molecule has 0 radical (unpaired) electrons. The van der Waals surface area contributed by atoms with E-state index in [1.807, 2.05) is 55.0 Å². The molecule has 38 heavy (non-hydrogen) atoms. The summed E-state index contributed by atoms with van der Waals surface area (Å²) >= 11 is 0. The van der Waals surface area contributed by atoms with Crippen LogP contribution in [0, 0.1) is 5.92 Å². The number of carbonyl (C=O) groups excluding carboxylic acids is 1. The summed E-state index contributed by atoms with van der Waals surface area (Å²) in [6, 6.07) is 16.1. The number of aromatic amines is 2. The highest BCUT2D eigenvalue weighted by Gasteiger charge is 2.23. The fourth-order valence-electron chi connectivity index (χ4n) is 5.40. The van der Waals surface area contributed by atoms with Gasteiger partial charge >= 0.3 is 0 Å². The summed E-state index contributed by atoms with van der Waals surface area (Å²) in [5.74, 6) is 0.195. The molecule has 1 fully saturated rings. The molecule has 1 saturated carbocycles. The predicted molar refractivity (Wildman–Crippen MR) is 148 cm³/mol. The number of amides is 1. The van der Waals surface area contributed by atoms with Crippen LogP contribution >= 0.6 is 0 Å². The van der Waals surface area contributed by atoms with Gasteiger partial charge < -0.3 is 10.3 Å². The van der Waals surface area contributed by atoms with Crippen LogP contribution in [-0.2, 0) is 4.79 Å². The topological polar surface area (TPSA) is 112 Å². The van der Waals surface area contributed by atoms with Crippen LogP contribution in [0.5, 0.6) is 0 Å². The molecule has 0 saturated heterocycles. The summed E-state index contributed by atoms with van der Waals surface area (Å²) in [6.45, 7) is 0. The average molecular weight is 500 g/mol. The first kappa shape index (κ1) is 22.4. The van der Waals surface area contributed by atoms with E-state index >= 15 is 0 Å². The van der Waals surface area contributed by atoms with Gasteiger partial charge in [0.2, 0.25) is 5.91 Å². The normalized spacial score (nSPS) is 13.9. The molecule has 3 N–H and O–H groups in total.